The largest absolute Gasteiger partial charge is 0.460 e. The summed E-state index contributed by atoms with van der Waals surface area (Å²) in [6, 6.07) is 9.71. The molecule has 0 radical (unpaired) electrons. The van der Waals surface area contributed by atoms with Gasteiger partial charge in [0.1, 0.15) is 11.4 Å². The maximum atomic E-state index is 15.8. The molecule has 0 aliphatic carbocycles. The van der Waals surface area contributed by atoms with E-state index in [1.807, 2.05) is 28.8 Å². The van der Waals surface area contributed by atoms with E-state index in [1.54, 1.807) is 44.7 Å². The zero-order chi connectivity index (χ0) is 34.5. The minimum atomic E-state index is -1.11. The van der Waals surface area contributed by atoms with Crippen molar-refractivity contribution in [2.24, 2.45) is 0 Å². The summed E-state index contributed by atoms with van der Waals surface area (Å²) in [5.41, 5.74) is 2.40. The van der Waals surface area contributed by atoms with Crippen molar-refractivity contribution in [3.05, 3.63) is 82.6 Å². The summed E-state index contributed by atoms with van der Waals surface area (Å²) in [4.78, 5) is 52.3. The minimum Gasteiger partial charge on any atom is -0.460 e. The Balaban J connectivity index is 1.08. The number of nitrogens with zero attached hydrogens (tertiary/aromatic N) is 5. The smallest absolute Gasteiger partial charge is 0.309 e. The lowest BCUT2D eigenvalue weighted by atomic mass is 9.88. The maximum Gasteiger partial charge on any atom is 0.309 e. The van der Waals surface area contributed by atoms with Crippen LogP contribution in [0.2, 0.25) is 0 Å². The number of aliphatic hydroxyl groups is 1. The number of nitrogens with one attached hydrogen (secondary N) is 1. The number of rotatable bonds is 8. The third kappa shape index (κ3) is 6.69. The monoisotopic (exact) mass is 686 g/mol. The molecule has 256 valence electrons. The van der Waals surface area contributed by atoms with Gasteiger partial charge in [0, 0.05) is 53.7 Å². The first-order valence-electron chi connectivity index (χ1n) is 16.5. The molecule has 1 fully saturated rings. The van der Waals surface area contributed by atoms with E-state index in [2.05, 4.69) is 20.2 Å². The molecule has 1 unspecified atom stereocenters. The molecule has 2 aromatic heterocycles. The van der Waals surface area contributed by atoms with Crippen LogP contribution in [0.5, 0.6) is 0 Å². The molecule has 0 saturated carbocycles. The fraction of sp³-hybridized carbons (Fsp3) is 0.417. The predicted molar refractivity (Wildman–Crippen MR) is 183 cm³/mol. The molecule has 3 aliphatic heterocycles. The molecular weight excluding hydrogens is 647 g/mol. The molecule has 5 heterocycles. The summed E-state index contributed by atoms with van der Waals surface area (Å²) in [5, 5.41) is 16.0. The SMILES string of the molecule is CC(C)(C)OC(=O)CC1(O)CCN(c2ccc(-c3cc(F)c4c(c3)C(=O)N(C(C(=O)Nc3nccs3)c3ncn5c3CCC5)C4)cc2)CC1. The van der Waals surface area contributed by atoms with Crippen molar-refractivity contribution in [1.82, 2.24) is 19.4 Å². The number of amides is 2. The molecule has 2 amide bonds. The number of hydrogen-bond donors (Lipinski definition) is 2. The lowest BCUT2D eigenvalue weighted by Gasteiger charge is -2.39. The zero-order valence-electron chi connectivity index (χ0n) is 27.7. The molecule has 7 rings (SSSR count). The van der Waals surface area contributed by atoms with Crippen LogP contribution in [0.25, 0.3) is 11.1 Å². The van der Waals surface area contributed by atoms with Crippen molar-refractivity contribution in [1.29, 1.82) is 0 Å². The molecule has 3 aliphatic rings. The second-order valence-electron chi connectivity index (χ2n) is 14.0. The van der Waals surface area contributed by atoms with E-state index in [1.165, 1.54) is 22.3 Å². The highest BCUT2D eigenvalue weighted by Crippen LogP contribution is 2.38. The van der Waals surface area contributed by atoms with Gasteiger partial charge in [-0.15, -0.1) is 11.3 Å². The van der Waals surface area contributed by atoms with Crippen molar-refractivity contribution in [2.75, 3.05) is 23.3 Å². The Morgan fingerprint density at radius 1 is 1.10 bits per heavy atom. The first-order valence-corrected chi connectivity index (χ1v) is 17.4. The van der Waals surface area contributed by atoms with Gasteiger partial charge in [0.25, 0.3) is 11.8 Å². The normalized spacial score (nSPS) is 17.5. The topological polar surface area (TPSA) is 130 Å². The average Bonchev–Trinajstić information content (AvgIpc) is 3.85. The van der Waals surface area contributed by atoms with Gasteiger partial charge in [-0.3, -0.25) is 19.7 Å². The van der Waals surface area contributed by atoms with Crippen LogP contribution in [0.15, 0.2) is 54.3 Å². The van der Waals surface area contributed by atoms with E-state index in [0.717, 1.165) is 36.3 Å². The summed E-state index contributed by atoms with van der Waals surface area (Å²) >= 11 is 1.27. The summed E-state index contributed by atoms with van der Waals surface area (Å²) in [6.07, 6.45) is 5.75. The molecule has 4 aromatic rings. The summed E-state index contributed by atoms with van der Waals surface area (Å²) in [6.45, 7) is 7.28. The maximum absolute atomic E-state index is 15.8. The fourth-order valence-corrected chi connectivity index (χ4v) is 7.57. The van der Waals surface area contributed by atoms with Crippen LogP contribution in [-0.2, 0) is 33.8 Å². The van der Waals surface area contributed by atoms with Crippen LogP contribution in [-0.4, -0.2) is 66.6 Å². The van der Waals surface area contributed by atoms with Gasteiger partial charge in [0.05, 0.1) is 30.6 Å². The van der Waals surface area contributed by atoms with Gasteiger partial charge in [-0.1, -0.05) is 12.1 Å². The molecule has 11 nitrogen and oxygen atoms in total. The Kier molecular flexibility index (Phi) is 8.52. The molecule has 0 bridgehead atoms. The van der Waals surface area contributed by atoms with E-state index in [-0.39, 0.29) is 24.1 Å². The van der Waals surface area contributed by atoms with Crippen LogP contribution in [0.4, 0.5) is 15.2 Å². The van der Waals surface area contributed by atoms with E-state index >= 15 is 4.39 Å². The number of aryl methyl sites for hydroxylation is 1. The van der Waals surface area contributed by atoms with Crippen LogP contribution >= 0.6 is 11.3 Å². The average molecular weight is 687 g/mol. The number of fused-ring (bicyclic) bond motifs is 2. The number of ether oxygens (including phenoxy) is 1. The van der Waals surface area contributed by atoms with E-state index in [4.69, 9.17) is 4.74 Å². The Morgan fingerprint density at radius 3 is 2.55 bits per heavy atom. The lowest BCUT2D eigenvalue weighted by Crippen LogP contribution is -2.46. The number of halogens is 1. The summed E-state index contributed by atoms with van der Waals surface area (Å²) < 4.78 is 23.2. The third-order valence-corrected chi connectivity index (χ3v) is 10.1. The number of benzene rings is 2. The minimum absolute atomic E-state index is 0.0429. The second-order valence-corrected chi connectivity index (χ2v) is 14.9. The molecule has 0 spiro atoms. The van der Waals surface area contributed by atoms with Gasteiger partial charge in [0.15, 0.2) is 11.2 Å². The molecule has 1 atom stereocenters. The first-order chi connectivity index (χ1) is 23.4. The molecular formula is C36H39FN6O5S. The molecule has 2 aromatic carbocycles. The second kappa shape index (κ2) is 12.7. The highest BCUT2D eigenvalue weighted by Gasteiger charge is 2.42. The van der Waals surface area contributed by atoms with Crippen molar-refractivity contribution in [3.8, 4) is 11.1 Å². The Morgan fingerprint density at radius 2 is 1.86 bits per heavy atom. The van der Waals surface area contributed by atoms with Crippen molar-refractivity contribution >= 4 is 39.9 Å². The predicted octanol–water partition coefficient (Wildman–Crippen LogP) is 5.49. The Bertz CT molecular complexity index is 1890. The van der Waals surface area contributed by atoms with E-state index in [9.17, 15) is 19.5 Å². The number of anilines is 2. The summed E-state index contributed by atoms with van der Waals surface area (Å²) in [5.74, 6) is -1.79. The van der Waals surface area contributed by atoms with Crippen LogP contribution < -0.4 is 10.2 Å². The van der Waals surface area contributed by atoms with Gasteiger partial charge in [0.2, 0.25) is 0 Å². The van der Waals surface area contributed by atoms with Crippen molar-refractivity contribution in [2.45, 2.75) is 83.2 Å². The number of thiazole rings is 1. The van der Waals surface area contributed by atoms with Crippen LogP contribution in [0.1, 0.15) is 79.8 Å². The highest BCUT2D eigenvalue weighted by molar-refractivity contribution is 7.13. The Labute approximate surface area is 287 Å². The van der Waals surface area contributed by atoms with E-state index in [0.29, 0.717) is 42.3 Å². The van der Waals surface area contributed by atoms with Gasteiger partial charge >= 0.3 is 5.97 Å². The zero-order valence-corrected chi connectivity index (χ0v) is 28.6. The quantitative estimate of drug-likeness (QED) is 0.233. The number of piperidine rings is 1. The van der Waals surface area contributed by atoms with Gasteiger partial charge in [-0.25, -0.2) is 14.4 Å². The van der Waals surface area contributed by atoms with Gasteiger partial charge in [-0.05, 0) is 81.8 Å². The number of aromatic nitrogens is 3. The van der Waals surface area contributed by atoms with Crippen LogP contribution in [0, 0.1) is 5.82 Å². The van der Waals surface area contributed by atoms with Crippen molar-refractivity contribution < 1.29 is 28.6 Å². The van der Waals surface area contributed by atoms with Gasteiger partial charge in [-0.2, -0.15) is 0 Å². The standard InChI is InChI=1S/C36H39FN6O5S/c1-35(2,3)48-29(44)19-36(47)10-14-41(15-11-36)24-8-6-22(7-9-24)23-17-25-26(27(37)18-23)20-43(33(25)46)31(32(45)40-34-38-12-16-49-34)30-28-5-4-13-42(28)21-39-30/h6-9,12,16-18,21,31,47H,4-5,10-11,13-15,19-20H2,1-3H3,(H,38,40,45). The number of carbonyl (C=O) groups excluding carboxylic acids is 3. The molecule has 49 heavy (non-hydrogen) atoms. The number of imidazole rings is 1. The van der Waals surface area contributed by atoms with Gasteiger partial charge < -0.3 is 24.2 Å². The number of hydrogen-bond acceptors (Lipinski definition) is 9. The molecule has 13 heteroatoms. The van der Waals surface area contributed by atoms with Crippen LogP contribution in [0.3, 0.4) is 0 Å². The Hall–Kier alpha value is -4.62. The summed E-state index contributed by atoms with van der Waals surface area (Å²) in [7, 11) is 0. The third-order valence-electron chi connectivity index (χ3n) is 9.44. The molecule has 1 saturated heterocycles. The molecule has 2 N–H and O–H groups in total. The van der Waals surface area contributed by atoms with Crippen molar-refractivity contribution in [3.63, 3.8) is 0 Å². The lowest BCUT2D eigenvalue weighted by molar-refractivity contribution is -0.161. The van der Waals surface area contributed by atoms with E-state index < -0.39 is 40.8 Å². The fourth-order valence-electron chi connectivity index (χ4n) is 7.03. The number of esters is 1. The first kappa shape index (κ1) is 32.9. The number of carbonyl (C=O) groups is 3. The highest BCUT2D eigenvalue weighted by atomic mass is 32.1.